The van der Waals surface area contributed by atoms with E-state index in [-0.39, 0.29) is 27.7 Å². The molecule has 7 nitrogen and oxygen atoms in total. The van der Waals surface area contributed by atoms with Crippen LogP contribution in [0.2, 0.25) is 5.02 Å². The zero-order valence-corrected chi connectivity index (χ0v) is 20.6. The molecule has 0 saturated carbocycles. The predicted octanol–water partition coefficient (Wildman–Crippen LogP) is 5.77. The number of carbonyl (C=O) groups excluding carboxylic acids is 2. The smallest absolute Gasteiger partial charge is 0.300 e. The number of aryl methyl sites for hydroxylation is 1. The molecule has 0 spiro atoms. The van der Waals surface area contributed by atoms with Gasteiger partial charge in [0.2, 0.25) is 0 Å². The molecule has 0 radical (unpaired) electrons. The molecule has 2 heterocycles. The van der Waals surface area contributed by atoms with E-state index in [1.54, 1.807) is 18.3 Å². The quantitative estimate of drug-likeness (QED) is 0.205. The highest BCUT2D eigenvalue weighted by atomic mass is 35.5. The first-order valence-electron chi connectivity index (χ1n) is 11.2. The van der Waals surface area contributed by atoms with Crippen molar-refractivity contribution in [2.45, 2.75) is 13.0 Å². The molecule has 8 heteroatoms. The lowest BCUT2D eigenvalue weighted by atomic mass is 9.94. The number of aliphatic hydroxyl groups excluding tert-OH is 1. The fourth-order valence-corrected chi connectivity index (χ4v) is 4.85. The van der Waals surface area contributed by atoms with Crippen LogP contribution in [0.15, 0.2) is 72.4 Å². The van der Waals surface area contributed by atoms with Crippen molar-refractivity contribution in [3.8, 4) is 11.5 Å². The first-order chi connectivity index (χ1) is 17.3. The summed E-state index contributed by atoms with van der Waals surface area (Å²) < 4.78 is 10.7. The Morgan fingerprint density at radius 1 is 1.00 bits per heavy atom. The van der Waals surface area contributed by atoms with Crippen LogP contribution in [0.3, 0.4) is 0 Å². The Labute approximate surface area is 212 Å². The third-order valence-corrected chi connectivity index (χ3v) is 6.70. The topological polar surface area (TPSA) is 91.9 Å². The van der Waals surface area contributed by atoms with Gasteiger partial charge in [-0.15, -0.1) is 0 Å². The molecule has 1 saturated heterocycles. The van der Waals surface area contributed by atoms with E-state index in [1.807, 2.05) is 43.3 Å². The Hall–Kier alpha value is -4.23. The van der Waals surface area contributed by atoms with Crippen LogP contribution >= 0.6 is 11.6 Å². The molecule has 0 aliphatic carbocycles. The number of Topliss-reactive ketones (excluding diaryl/α,β-unsaturated/α-hetero) is 1. The summed E-state index contributed by atoms with van der Waals surface area (Å²) in [5.74, 6) is -1.35. The van der Waals surface area contributed by atoms with Crippen LogP contribution in [0.25, 0.3) is 16.7 Å². The number of halogens is 1. The van der Waals surface area contributed by atoms with Gasteiger partial charge in [-0.05, 0) is 31.2 Å². The molecule has 2 N–H and O–H groups in total. The third kappa shape index (κ3) is 3.69. The lowest BCUT2D eigenvalue weighted by molar-refractivity contribution is -0.132. The average molecular weight is 503 g/mol. The van der Waals surface area contributed by atoms with Crippen molar-refractivity contribution in [2.75, 3.05) is 19.1 Å². The summed E-state index contributed by atoms with van der Waals surface area (Å²) in [5, 5.41) is 12.6. The maximum Gasteiger partial charge on any atom is 0.300 e. The van der Waals surface area contributed by atoms with Gasteiger partial charge in [0, 0.05) is 34.4 Å². The molecule has 4 aromatic rings. The summed E-state index contributed by atoms with van der Waals surface area (Å²) >= 11 is 6.35. The number of aromatic amines is 1. The molecular weight excluding hydrogens is 480 g/mol. The zero-order valence-electron chi connectivity index (χ0n) is 19.8. The summed E-state index contributed by atoms with van der Waals surface area (Å²) in [6.07, 6.45) is 1.76. The minimum atomic E-state index is -0.894. The van der Waals surface area contributed by atoms with Crippen molar-refractivity contribution >= 4 is 45.6 Å². The van der Waals surface area contributed by atoms with Gasteiger partial charge in [0.15, 0.2) is 0 Å². The van der Waals surface area contributed by atoms with E-state index < -0.39 is 17.7 Å². The number of nitrogens with one attached hydrogen (secondary N) is 1. The van der Waals surface area contributed by atoms with Gasteiger partial charge in [0.25, 0.3) is 11.7 Å². The Morgan fingerprint density at radius 3 is 2.39 bits per heavy atom. The summed E-state index contributed by atoms with van der Waals surface area (Å²) in [4.78, 5) is 31.6. The van der Waals surface area contributed by atoms with Crippen LogP contribution < -0.4 is 14.4 Å². The van der Waals surface area contributed by atoms with Crippen LogP contribution in [0.5, 0.6) is 11.5 Å². The molecule has 1 aromatic heterocycles. The number of benzene rings is 3. The number of aromatic nitrogens is 1. The maximum absolute atomic E-state index is 13.5. The minimum Gasteiger partial charge on any atom is -0.507 e. The van der Waals surface area contributed by atoms with Gasteiger partial charge < -0.3 is 19.6 Å². The van der Waals surface area contributed by atoms with E-state index in [0.717, 1.165) is 16.5 Å². The summed E-state index contributed by atoms with van der Waals surface area (Å²) in [6, 6.07) is 17.0. The predicted molar refractivity (Wildman–Crippen MR) is 139 cm³/mol. The van der Waals surface area contributed by atoms with Gasteiger partial charge in [-0.25, -0.2) is 0 Å². The lowest BCUT2D eigenvalue weighted by Crippen LogP contribution is -2.29. The number of hydrogen-bond acceptors (Lipinski definition) is 5. The molecule has 1 aliphatic rings. The van der Waals surface area contributed by atoms with Gasteiger partial charge in [0.1, 0.15) is 17.3 Å². The van der Waals surface area contributed by atoms with Crippen molar-refractivity contribution in [2.24, 2.45) is 0 Å². The van der Waals surface area contributed by atoms with Crippen LogP contribution in [-0.4, -0.2) is 36.0 Å². The number of hydrogen-bond donors (Lipinski definition) is 2. The summed E-state index contributed by atoms with van der Waals surface area (Å²) in [7, 11) is 2.89. The molecule has 5 rings (SSSR count). The molecule has 0 bridgehead atoms. The largest absolute Gasteiger partial charge is 0.507 e. The highest BCUT2D eigenvalue weighted by Gasteiger charge is 2.48. The van der Waals surface area contributed by atoms with Crippen molar-refractivity contribution in [1.29, 1.82) is 0 Å². The monoisotopic (exact) mass is 502 g/mol. The van der Waals surface area contributed by atoms with Gasteiger partial charge in [-0.3, -0.25) is 14.5 Å². The second-order valence-electron chi connectivity index (χ2n) is 8.48. The second kappa shape index (κ2) is 9.09. The number of methoxy groups -OCH3 is 2. The van der Waals surface area contributed by atoms with E-state index in [2.05, 4.69) is 4.98 Å². The number of anilines is 1. The van der Waals surface area contributed by atoms with Crippen molar-refractivity contribution in [3.63, 3.8) is 0 Å². The highest BCUT2D eigenvalue weighted by Crippen LogP contribution is 2.46. The van der Waals surface area contributed by atoms with Crippen LogP contribution in [0.4, 0.5) is 5.69 Å². The first-order valence-corrected chi connectivity index (χ1v) is 11.6. The van der Waals surface area contributed by atoms with E-state index in [0.29, 0.717) is 17.0 Å². The number of H-pyrrole nitrogens is 1. The van der Waals surface area contributed by atoms with E-state index >= 15 is 0 Å². The number of fused-ring (bicyclic) bond motifs is 1. The number of ether oxygens (including phenoxy) is 2. The Morgan fingerprint density at radius 2 is 1.69 bits per heavy atom. The number of carbonyl (C=O) groups is 2. The number of nitrogens with zero attached hydrogens (tertiary/aromatic N) is 1. The molecule has 36 heavy (non-hydrogen) atoms. The minimum absolute atomic E-state index is 0.0649. The van der Waals surface area contributed by atoms with Crippen LogP contribution in [-0.2, 0) is 9.59 Å². The molecule has 1 atom stereocenters. The van der Waals surface area contributed by atoms with Gasteiger partial charge >= 0.3 is 0 Å². The SMILES string of the molecule is COc1cc(OC)c(/C(O)=C2\C(=O)C(=O)N(c3ccc(C)cc3)C2c2c[nH]c3ccccc23)cc1Cl. The zero-order chi connectivity index (χ0) is 25.6. The van der Waals surface area contributed by atoms with Gasteiger partial charge in [-0.2, -0.15) is 0 Å². The lowest BCUT2D eigenvalue weighted by Gasteiger charge is -2.25. The molecule has 1 unspecified atom stereocenters. The Balaban J connectivity index is 1.80. The Bertz CT molecular complexity index is 1540. The molecule has 3 aromatic carbocycles. The molecule has 182 valence electrons. The van der Waals surface area contributed by atoms with Gasteiger partial charge in [0.05, 0.1) is 36.4 Å². The fourth-order valence-electron chi connectivity index (χ4n) is 4.61. The number of rotatable bonds is 5. The molecule has 1 amide bonds. The Kier molecular flexibility index (Phi) is 5.94. The third-order valence-electron chi connectivity index (χ3n) is 6.40. The standard InChI is InChI=1S/C28H23ClN2O5/c1-15-8-10-16(11-9-15)31-25(19-14-30-21-7-5-4-6-17(19)21)24(27(33)28(31)34)26(32)18-12-20(29)23(36-3)13-22(18)35-2/h4-14,25,30,32H,1-3H3/b26-24+. The van der Waals surface area contributed by atoms with Crippen LogP contribution in [0, 0.1) is 6.92 Å². The number of aliphatic hydroxyl groups is 1. The highest BCUT2D eigenvalue weighted by molar-refractivity contribution is 6.52. The van der Waals surface area contributed by atoms with Crippen molar-refractivity contribution in [3.05, 3.63) is 94.1 Å². The van der Waals surface area contributed by atoms with Crippen LogP contribution in [0.1, 0.15) is 22.7 Å². The molecular formula is C28H23ClN2O5. The number of para-hydroxylation sites is 1. The average Bonchev–Trinajstić information content (AvgIpc) is 3.42. The summed E-state index contributed by atoms with van der Waals surface area (Å²) in [6.45, 7) is 1.94. The molecule has 1 aliphatic heterocycles. The first kappa shape index (κ1) is 23.5. The van der Waals surface area contributed by atoms with Crippen molar-refractivity contribution in [1.82, 2.24) is 4.98 Å². The summed E-state index contributed by atoms with van der Waals surface area (Å²) in [5.41, 5.74) is 3.17. The number of amides is 1. The van der Waals surface area contributed by atoms with Crippen molar-refractivity contribution < 1.29 is 24.2 Å². The second-order valence-corrected chi connectivity index (χ2v) is 8.89. The van der Waals surface area contributed by atoms with Gasteiger partial charge in [-0.1, -0.05) is 47.5 Å². The number of ketones is 1. The normalized spacial score (nSPS) is 17.1. The van der Waals surface area contributed by atoms with E-state index in [9.17, 15) is 14.7 Å². The fraction of sp³-hybridized carbons (Fsp3) is 0.143. The molecule has 1 fully saturated rings. The van der Waals surface area contributed by atoms with E-state index in [1.165, 1.54) is 31.3 Å². The maximum atomic E-state index is 13.5. The van der Waals surface area contributed by atoms with E-state index in [4.69, 9.17) is 21.1 Å².